The van der Waals surface area contributed by atoms with Gasteiger partial charge in [-0.15, -0.1) is 0 Å². The second-order valence-electron chi connectivity index (χ2n) is 3.68. The molecule has 0 aromatic heterocycles. The van der Waals surface area contributed by atoms with Crippen LogP contribution in [0.1, 0.15) is 29.1 Å². The third-order valence-corrected chi connectivity index (χ3v) is 2.34. The molecule has 1 aliphatic rings. The Morgan fingerprint density at radius 1 is 1.16 bits per heavy atom. The van der Waals surface area contributed by atoms with Crippen molar-refractivity contribution in [1.82, 2.24) is 10.6 Å². The molecule has 0 fully saturated rings. The minimum atomic E-state index is -0.217. The second kappa shape index (κ2) is 10.6. The molecule has 0 radical (unpaired) electrons. The summed E-state index contributed by atoms with van der Waals surface area (Å²) < 4.78 is 12.8. The molecule has 1 aromatic rings. The molecule has 19 heavy (non-hydrogen) atoms. The first kappa shape index (κ1) is 17.7. The number of benzene rings is 1. The van der Waals surface area contributed by atoms with Gasteiger partial charge in [-0.3, -0.25) is 5.32 Å². The van der Waals surface area contributed by atoms with Crippen molar-refractivity contribution in [2.24, 2.45) is 0 Å². The van der Waals surface area contributed by atoms with Crippen molar-refractivity contribution in [2.45, 2.75) is 34.0 Å². The zero-order chi connectivity index (χ0) is 14.7. The molecule has 4 N–H and O–H groups in total. The SMILES string of the molecule is CC.CCNC.CCNC1Nc2ccc(F)cc2N1.[HH]. The van der Waals surface area contributed by atoms with Crippen LogP contribution in [0.2, 0.25) is 0 Å². The summed E-state index contributed by atoms with van der Waals surface area (Å²) in [7, 11) is 1.93. The Morgan fingerprint density at radius 2 is 1.74 bits per heavy atom. The Hall–Kier alpha value is -1.33. The van der Waals surface area contributed by atoms with E-state index in [9.17, 15) is 4.39 Å². The van der Waals surface area contributed by atoms with Gasteiger partial charge in [-0.2, -0.15) is 0 Å². The molecule has 0 saturated carbocycles. The molecule has 2 rings (SSSR count). The van der Waals surface area contributed by atoms with Crippen molar-refractivity contribution >= 4 is 11.4 Å². The van der Waals surface area contributed by atoms with Crippen molar-refractivity contribution in [3.05, 3.63) is 24.0 Å². The maximum Gasteiger partial charge on any atom is 0.153 e. The maximum absolute atomic E-state index is 12.8. The van der Waals surface area contributed by atoms with Crippen LogP contribution in [-0.2, 0) is 0 Å². The number of fused-ring (bicyclic) bond motifs is 1. The summed E-state index contributed by atoms with van der Waals surface area (Å²) in [5, 5.41) is 12.4. The van der Waals surface area contributed by atoms with Gasteiger partial charge in [0, 0.05) is 1.43 Å². The van der Waals surface area contributed by atoms with Crippen LogP contribution in [0.5, 0.6) is 0 Å². The van der Waals surface area contributed by atoms with Gasteiger partial charge < -0.3 is 16.0 Å². The average Bonchev–Trinajstić information content (AvgIpc) is 2.83. The lowest BCUT2D eigenvalue weighted by atomic mass is 10.3. The van der Waals surface area contributed by atoms with E-state index in [-0.39, 0.29) is 13.5 Å². The van der Waals surface area contributed by atoms with Gasteiger partial charge >= 0.3 is 0 Å². The minimum absolute atomic E-state index is 0. The van der Waals surface area contributed by atoms with Gasteiger partial charge in [0.15, 0.2) is 6.29 Å². The minimum Gasteiger partial charge on any atom is -0.351 e. The standard InChI is InChI=1S/C9H12FN3.C3H9N.C2H6.H2/c1-2-11-9-12-7-4-3-6(10)5-8(7)13-9;1-3-4-2;1-2;/h3-5,9,11-13H,2H2,1H3;4H,3H2,1-2H3;1-2H3;1H. The number of hydrogen-bond acceptors (Lipinski definition) is 4. The summed E-state index contributed by atoms with van der Waals surface area (Å²) in [6, 6.07) is 4.66. The zero-order valence-electron chi connectivity index (χ0n) is 12.6. The van der Waals surface area contributed by atoms with E-state index >= 15 is 0 Å². The lowest BCUT2D eigenvalue weighted by Crippen LogP contribution is -2.38. The molecule has 0 amide bonds. The number of rotatable bonds is 3. The number of halogens is 1. The summed E-state index contributed by atoms with van der Waals surface area (Å²) in [5.41, 5.74) is 1.75. The normalized spacial score (nSPS) is 14.9. The molecule has 5 heteroatoms. The first-order chi connectivity index (χ1) is 9.21. The quantitative estimate of drug-likeness (QED) is 0.683. The third kappa shape index (κ3) is 6.40. The van der Waals surface area contributed by atoms with E-state index in [1.807, 2.05) is 27.8 Å². The van der Waals surface area contributed by atoms with Gasteiger partial charge in [0.25, 0.3) is 0 Å². The lowest BCUT2D eigenvalue weighted by Gasteiger charge is -2.11. The highest BCUT2D eigenvalue weighted by Gasteiger charge is 2.17. The Balaban J connectivity index is 0. The highest BCUT2D eigenvalue weighted by molar-refractivity contribution is 5.74. The summed E-state index contributed by atoms with van der Waals surface area (Å²) in [4.78, 5) is 0. The highest BCUT2D eigenvalue weighted by Crippen LogP contribution is 2.28. The molecular weight excluding hydrogens is 243 g/mol. The Labute approximate surface area is 117 Å². The van der Waals surface area contributed by atoms with E-state index < -0.39 is 0 Å². The molecule has 4 nitrogen and oxygen atoms in total. The fraction of sp³-hybridized carbons (Fsp3) is 0.571. The smallest absolute Gasteiger partial charge is 0.153 e. The molecule has 1 unspecified atom stereocenters. The van der Waals surface area contributed by atoms with E-state index in [2.05, 4.69) is 28.2 Å². The van der Waals surface area contributed by atoms with Crippen molar-refractivity contribution in [3.8, 4) is 0 Å². The number of anilines is 2. The van der Waals surface area contributed by atoms with E-state index in [4.69, 9.17) is 0 Å². The van der Waals surface area contributed by atoms with E-state index in [0.29, 0.717) is 0 Å². The Kier molecular flexibility index (Phi) is 9.84. The maximum atomic E-state index is 12.8. The summed E-state index contributed by atoms with van der Waals surface area (Å²) >= 11 is 0. The van der Waals surface area contributed by atoms with Crippen LogP contribution >= 0.6 is 0 Å². The van der Waals surface area contributed by atoms with Crippen molar-refractivity contribution in [2.75, 3.05) is 30.8 Å². The van der Waals surface area contributed by atoms with Crippen molar-refractivity contribution in [1.29, 1.82) is 0 Å². The van der Waals surface area contributed by atoms with Gasteiger partial charge in [0.2, 0.25) is 0 Å². The molecular formula is C14H29FN4. The average molecular weight is 272 g/mol. The largest absolute Gasteiger partial charge is 0.351 e. The second-order valence-corrected chi connectivity index (χ2v) is 3.68. The number of hydrogen-bond donors (Lipinski definition) is 4. The summed E-state index contributed by atoms with van der Waals surface area (Å²) in [6.45, 7) is 10.0. The first-order valence-electron chi connectivity index (χ1n) is 6.91. The van der Waals surface area contributed by atoms with Crippen LogP contribution in [0.4, 0.5) is 15.8 Å². The summed E-state index contributed by atoms with van der Waals surface area (Å²) in [6.07, 6.45) is 0.0156. The van der Waals surface area contributed by atoms with Crippen LogP contribution in [0.3, 0.4) is 0 Å². The molecule has 112 valence electrons. The van der Waals surface area contributed by atoms with Crippen molar-refractivity contribution < 1.29 is 5.82 Å². The molecule has 0 spiro atoms. The monoisotopic (exact) mass is 272 g/mol. The predicted molar refractivity (Wildman–Crippen MR) is 84.2 cm³/mol. The highest BCUT2D eigenvalue weighted by atomic mass is 19.1. The zero-order valence-corrected chi connectivity index (χ0v) is 12.6. The Bertz CT molecular complexity index is 348. The molecule has 1 atom stereocenters. The van der Waals surface area contributed by atoms with Gasteiger partial charge in [-0.05, 0) is 38.3 Å². The van der Waals surface area contributed by atoms with E-state index in [0.717, 1.165) is 24.5 Å². The van der Waals surface area contributed by atoms with Crippen molar-refractivity contribution in [3.63, 3.8) is 0 Å². The van der Waals surface area contributed by atoms with Gasteiger partial charge in [0.1, 0.15) is 5.82 Å². The van der Waals surface area contributed by atoms with Crippen LogP contribution < -0.4 is 21.3 Å². The van der Waals surface area contributed by atoms with Crippen LogP contribution in [0, 0.1) is 5.82 Å². The first-order valence-corrected chi connectivity index (χ1v) is 6.91. The van der Waals surface area contributed by atoms with Crippen LogP contribution in [0.25, 0.3) is 0 Å². The summed E-state index contributed by atoms with van der Waals surface area (Å²) in [5.74, 6) is -0.217. The van der Waals surface area contributed by atoms with Gasteiger partial charge in [-0.25, -0.2) is 4.39 Å². The number of nitrogens with one attached hydrogen (secondary N) is 4. The Morgan fingerprint density at radius 3 is 2.26 bits per heavy atom. The molecule has 1 aromatic carbocycles. The molecule has 1 heterocycles. The van der Waals surface area contributed by atoms with Gasteiger partial charge in [-0.1, -0.05) is 27.7 Å². The molecule has 0 aliphatic carbocycles. The predicted octanol–water partition coefficient (Wildman–Crippen LogP) is 3.05. The molecule has 0 bridgehead atoms. The van der Waals surface area contributed by atoms with E-state index in [1.54, 1.807) is 6.07 Å². The van der Waals surface area contributed by atoms with Gasteiger partial charge in [0.05, 0.1) is 11.4 Å². The fourth-order valence-electron chi connectivity index (χ4n) is 1.42. The fourth-order valence-corrected chi connectivity index (χ4v) is 1.42. The third-order valence-electron chi connectivity index (χ3n) is 2.34. The van der Waals surface area contributed by atoms with Crippen LogP contribution in [-0.4, -0.2) is 26.4 Å². The molecule has 0 saturated heterocycles. The van der Waals surface area contributed by atoms with E-state index in [1.165, 1.54) is 12.1 Å². The molecule has 1 aliphatic heterocycles. The lowest BCUT2D eigenvalue weighted by molar-refractivity contribution is 0.628. The topological polar surface area (TPSA) is 48.1 Å². The van der Waals surface area contributed by atoms with Crippen LogP contribution in [0.15, 0.2) is 18.2 Å².